The molecule has 24 heteroatoms. The number of methoxy groups -OCH3 is 6. The van der Waals surface area contributed by atoms with Gasteiger partial charge in [-0.25, -0.2) is 0 Å². The van der Waals surface area contributed by atoms with Crippen molar-refractivity contribution in [2.24, 2.45) is 0 Å². The molecule has 0 unspecified atom stereocenters. The summed E-state index contributed by atoms with van der Waals surface area (Å²) in [5.74, 6) is 5.31. The Morgan fingerprint density at radius 2 is 0.628 bits per heavy atom. The van der Waals surface area contributed by atoms with Crippen LogP contribution in [0.3, 0.4) is 0 Å². The van der Waals surface area contributed by atoms with Crippen molar-refractivity contribution in [3.05, 3.63) is 459 Å². The van der Waals surface area contributed by atoms with E-state index in [0.717, 1.165) is 102 Å². The van der Waals surface area contributed by atoms with E-state index in [1.165, 1.54) is 54.1 Å². The Bertz CT molecular complexity index is 6050. The number of carbonyl (C=O) groups excluding carboxylic acids is 1. The van der Waals surface area contributed by atoms with Gasteiger partial charge in [0.15, 0.2) is 0 Å². The summed E-state index contributed by atoms with van der Waals surface area (Å²) in [6.07, 6.45) is 9.82. The smallest absolute Gasteiger partial charge is 0.369 e. The van der Waals surface area contributed by atoms with Gasteiger partial charge in [-0.15, -0.1) is 47.3 Å². The number of carbonyl (C=O) groups is 1. The van der Waals surface area contributed by atoms with E-state index in [0.29, 0.717) is 22.3 Å². The first-order valence-corrected chi connectivity index (χ1v) is 57.1. The number of nitriles is 3. The average Bonchev–Trinajstić information content (AvgIpc) is 0.747. The van der Waals surface area contributed by atoms with Crippen molar-refractivity contribution < 1.29 is 60.4 Å². The second-order valence-corrected chi connectivity index (χ2v) is 57.5. The topological polar surface area (TPSA) is 184 Å². The van der Waals surface area contributed by atoms with Crippen molar-refractivity contribution in [2.75, 3.05) is 42.7 Å². The van der Waals surface area contributed by atoms with Gasteiger partial charge < -0.3 is 55.6 Å². The molecule has 2 N–H and O–H groups in total. The summed E-state index contributed by atoms with van der Waals surface area (Å²) in [6, 6.07) is 128. The van der Waals surface area contributed by atoms with Gasteiger partial charge in [0.25, 0.3) is 0 Å². The number of halogens is 8. The molecule has 0 aliphatic heterocycles. The number of aryl methyl sites for hydroxylation is 6. The van der Waals surface area contributed by atoms with Crippen LogP contribution in [0.1, 0.15) is 99.4 Å². The molecule has 0 saturated heterocycles. The molecule has 0 aliphatic rings. The fourth-order valence-corrected chi connectivity index (χ4v) is 20.6. The van der Waals surface area contributed by atoms with Crippen LogP contribution in [0.2, 0.25) is 0 Å². The number of ether oxygens (including phenoxy) is 6. The first-order chi connectivity index (χ1) is 65.7. The third-order valence-corrected chi connectivity index (χ3v) is 27.9. The van der Waals surface area contributed by atoms with Crippen molar-refractivity contribution in [2.45, 2.75) is 59.6 Å². The van der Waals surface area contributed by atoms with E-state index < -0.39 is 15.2 Å². The van der Waals surface area contributed by atoms with Gasteiger partial charge in [-0.3, -0.25) is 4.79 Å². The van der Waals surface area contributed by atoms with E-state index in [-0.39, 0.29) is 36.6 Å². The molecular formula is C113H109BBr8N3O9P3. The minimum Gasteiger partial charge on any atom is -1.00 e. The Hall–Kier alpha value is -10.3. The predicted molar refractivity (Wildman–Crippen MR) is 604 cm³/mol. The van der Waals surface area contributed by atoms with Crippen LogP contribution in [0.5, 0.6) is 40.2 Å². The molecule has 0 atom stereocenters. The summed E-state index contributed by atoms with van der Waals surface area (Å²) >= 11 is 22.2. The molecule has 15 aromatic carbocycles. The number of rotatable bonds is 21. The van der Waals surface area contributed by atoms with Crippen LogP contribution in [-0.2, 0) is 18.1 Å². The number of hydrogen-bond acceptors (Lipinski definition) is 12. The third kappa shape index (κ3) is 41.7. The van der Waals surface area contributed by atoms with E-state index >= 15 is 0 Å². The summed E-state index contributed by atoms with van der Waals surface area (Å²) < 4.78 is 30.7. The van der Waals surface area contributed by atoms with Crippen LogP contribution in [0.25, 0.3) is 24.3 Å². The molecule has 15 rings (SSSR count). The van der Waals surface area contributed by atoms with E-state index in [1.807, 2.05) is 155 Å². The number of alkyl halides is 1. The van der Waals surface area contributed by atoms with Gasteiger partial charge in [-0.2, -0.15) is 15.8 Å². The van der Waals surface area contributed by atoms with Crippen molar-refractivity contribution in [1.82, 2.24) is 0 Å². The van der Waals surface area contributed by atoms with Gasteiger partial charge in [0.1, 0.15) is 73.7 Å². The molecule has 0 bridgehead atoms. The fraction of sp³-hybridized carbons (Fsp3) is 0.133. The van der Waals surface area contributed by atoms with Crippen LogP contribution in [0.15, 0.2) is 364 Å². The molecule has 0 saturated carbocycles. The highest BCUT2D eigenvalue weighted by Gasteiger charge is 2.45. The highest BCUT2D eigenvalue weighted by atomic mass is 80.0. The molecule has 0 aromatic heterocycles. The summed E-state index contributed by atoms with van der Waals surface area (Å²) in [5.41, 5.74) is 17.2. The monoisotopic (exact) mass is 2390 g/mol. The highest BCUT2D eigenvalue weighted by molar-refractivity contribution is 9.93. The van der Waals surface area contributed by atoms with Crippen molar-refractivity contribution in [3.63, 3.8) is 0 Å². The zero-order chi connectivity index (χ0) is 99.0. The Labute approximate surface area is 881 Å². The zero-order valence-electron chi connectivity index (χ0n) is 78.2. The second kappa shape index (κ2) is 66.3. The fourth-order valence-electron chi connectivity index (χ4n) is 13.3. The minimum absolute atomic E-state index is 0. The molecule has 12 nitrogen and oxygen atoms in total. The molecular weight excluding hydrogens is 2290 g/mol. The van der Waals surface area contributed by atoms with E-state index in [2.05, 4.69) is 342 Å². The second-order valence-electron chi connectivity index (χ2n) is 29.5. The lowest BCUT2D eigenvalue weighted by Gasteiger charge is -2.28. The Morgan fingerprint density at radius 1 is 0.343 bits per heavy atom. The van der Waals surface area contributed by atoms with Gasteiger partial charge >= 0.3 is 3.18 Å². The standard InChI is InChI=1S/C27H26OP.C18H15P.C17H15NO.C16H13NO.C9H11BrO.C9H12O2.C9H10O2.C8H7NO.BBr3.Br3P.BrH/c1-22-20-24(28-2)19-18-23(22)21-29(25-12-6-3-7-13-25,26-14-8-4-9-15-26)27-16-10-5-11-17-27;1-4-10-16(11-5-1)19(17-12-6-2-7-13-17)18-14-8-3-9-15-18;1-13-10-17(19-2)9-8-16(13)7-6-14-4-3-5-15(11-14)12-18;1-12-9-16(18)8-7-15(12)6-5-13-3-2-4-14(10-13)11-17;3*1-7-5-9(11-2)4-3-8(7)6-10;1-10-8-4-2-3-7(5-8)6-9;2-1(3)4;1-4(2)3;/h3-20H,21H2,1-2H3;1-15H;3-11H,1-2H3;2-10,18H,1H3;3-5H,6H2,1-2H3;3-5,10H,6H2,1-2H3;3-6H,1-2H3;2-5H,1H3;;;1H/q+1;;;;;;;;;;/p-1/b;;7-6+;6-5+;;;;;;;. The lowest BCUT2D eigenvalue weighted by Crippen LogP contribution is -3.00. The molecule has 0 fully saturated rings. The Kier molecular flexibility index (Phi) is 56.7. The maximum atomic E-state index is 10.4. The average molecular weight is 2400 g/mol. The molecule has 0 heterocycles. The number of aldehydes is 1. The summed E-state index contributed by atoms with van der Waals surface area (Å²) in [6.45, 7) is 12.2. The lowest BCUT2D eigenvalue weighted by atomic mass is 10.1. The van der Waals surface area contributed by atoms with Gasteiger partial charge in [0.05, 0.1) is 90.3 Å². The SMILES string of the molecule is BrB(Br)Br.BrP(Br)Br.COc1ccc(/C=C/c2cccc(C#N)c2)c(C)c1.COc1ccc(C=O)c(C)c1.COc1ccc(CBr)c(C)c1.COc1ccc(CO)c(C)c1.COc1ccc(C[P+](c2ccccc2)(c2ccccc2)c2ccccc2)c(C)c1.COc1cccc(C#N)c1.Cc1cc(O)ccc1/C=C/c1cccc(C#N)c1.[Br-].c1ccc(P(c2ccccc2)c2ccccc2)cc1. The number of phenols is 1. The molecule has 0 amide bonds. The highest BCUT2D eigenvalue weighted by Crippen LogP contribution is 2.59. The number of phenolic OH excluding ortho intramolecular Hbond substituents is 1. The largest absolute Gasteiger partial charge is 1.00 e. The lowest BCUT2D eigenvalue weighted by molar-refractivity contribution is -0.0000366. The first kappa shape index (κ1) is 117. The van der Waals surface area contributed by atoms with Crippen LogP contribution in [-0.4, -0.2) is 62.3 Å². The summed E-state index contributed by atoms with van der Waals surface area (Å²) in [7, 11) is 7.58. The molecule has 0 radical (unpaired) electrons. The predicted octanol–water partition coefficient (Wildman–Crippen LogP) is 27.1. The van der Waals surface area contributed by atoms with Crippen LogP contribution in [0.4, 0.5) is 0 Å². The van der Waals surface area contributed by atoms with Crippen molar-refractivity contribution in [3.8, 4) is 58.5 Å². The maximum absolute atomic E-state index is 10.4. The van der Waals surface area contributed by atoms with Gasteiger partial charge in [-0.05, 0) is 342 Å². The van der Waals surface area contributed by atoms with Gasteiger partial charge in [0, 0.05) is 10.9 Å². The Morgan fingerprint density at radius 3 is 0.934 bits per heavy atom. The van der Waals surface area contributed by atoms with E-state index in [1.54, 1.807) is 103 Å². The van der Waals surface area contributed by atoms with Crippen LogP contribution in [0, 0.1) is 75.5 Å². The van der Waals surface area contributed by atoms with E-state index in [9.17, 15) is 9.90 Å². The molecule has 704 valence electrons. The maximum Gasteiger partial charge on any atom is 0.369 e. The molecule has 15 aromatic rings. The number of hydrogen-bond donors (Lipinski definition) is 2. The number of aromatic hydroxyl groups is 1. The first-order valence-electron chi connectivity index (χ1n) is 42.5. The number of benzene rings is 15. The molecule has 0 spiro atoms. The number of aliphatic hydroxyl groups excluding tert-OH is 1. The third-order valence-electron chi connectivity index (χ3n) is 20.5. The quantitative estimate of drug-likeness (QED) is 0.0228. The molecule has 137 heavy (non-hydrogen) atoms. The summed E-state index contributed by atoms with van der Waals surface area (Å²) in [5, 5.41) is 53.6. The summed E-state index contributed by atoms with van der Waals surface area (Å²) in [4.78, 5) is 10.4. The normalized spacial score (nSPS) is 10.0. The van der Waals surface area contributed by atoms with Crippen molar-refractivity contribution >= 4 is 194 Å². The Balaban J connectivity index is 0.000000279. The number of aliphatic hydroxyl groups is 1. The van der Waals surface area contributed by atoms with E-state index in [4.69, 9.17) is 49.3 Å². The van der Waals surface area contributed by atoms with Gasteiger partial charge in [0.2, 0.25) is 0 Å². The number of nitrogens with zero attached hydrogens (tertiary/aromatic N) is 3. The van der Waals surface area contributed by atoms with Crippen LogP contribution < -0.4 is 77.2 Å². The van der Waals surface area contributed by atoms with Crippen molar-refractivity contribution in [1.29, 1.82) is 15.8 Å². The van der Waals surface area contributed by atoms with Crippen LogP contribution >= 0.6 is 129 Å². The molecule has 0 aliphatic carbocycles. The zero-order valence-corrected chi connectivity index (χ0v) is 93.6. The minimum atomic E-state index is -1.87. The van der Waals surface area contributed by atoms with Gasteiger partial charge in [-0.1, -0.05) is 246 Å².